The molecular formula is C17H25NO5. The van der Waals surface area contributed by atoms with Crippen molar-refractivity contribution in [2.45, 2.75) is 25.6 Å². The molecule has 0 bridgehead atoms. The first-order valence-electron chi connectivity index (χ1n) is 7.73. The zero-order chi connectivity index (χ0) is 17.0. The van der Waals surface area contributed by atoms with E-state index in [1.54, 1.807) is 19.1 Å². The van der Waals surface area contributed by atoms with Crippen molar-refractivity contribution in [2.75, 3.05) is 33.9 Å². The lowest BCUT2D eigenvalue weighted by molar-refractivity contribution is -0.139. The van der Waals surface area contributed by atoms with Gasteiger partial charge >= 0.3 is 0 Å². The summed E-state index contributed by atoms with van der Waals surface area (Å²) in [5, 5.41) is 19.6. The van der Waals surface area contributed by atoms with Crippen molar-refractivity contribution < 1.29 is 24.5 Å². The Morgan fingerprint density at radius 3 is 2.83 bits per heavy atom. The van der Waals surface area contributed by atoms with Crippen LogP contribution in [-0.4, -0.2) is 67.1 Å². The molecule has 1 aromatic rings. The van der Waals surface area contributed by atoms with Crippen molar-refractivity contribution in [1.82, 2.24) is 4.90 Å². The number of rotatable bonds is 5. The molecule has 0 saturated carbocycles. The van der Waals surface area contributed by atoms with Crippen molar-refractivity contribution in [3.8, 4) is 5.75 Å². The normalized spacial score (nSPS) is 24.3. The first kappa shape index (κ1) is 17.7. The van der Waals surface area contributed by atoms with Gasteiger partial charge in [-0.1, -0.05) is 17.7 Å². The minimum atomic E-state index is -0.894. The van der Waals surface area contributed by atoms with Gasteiger partial charge in [0.15, 0.2) is 0 Å². The highest BCUT2D eigenvalue weighted by atomic mass is 16.5. The summed E-state index contributed by atoms with van der Waals surface area (Å²) in [5.41, 5.74) is 1.90. The Kier molecular flexibility index (Phi) is 5.98. The summed E-state index contributed by atoms with van der Waals surface area (Å²) < 4.78 is 10.5. The third kappa shape index (κ3) is 4.43. The maximum absolute atomic E-state index is 12.4. The van der Waals surface area contributed by atoms with Crippen LogP contribution >= 0.6 is 0 Å². The molecule has 128 valence electrons. The number of hydrogen-bond donors (Lipinski definition) is 2. The van der Waals surface area contributed by atoms with Gasteiger partial charge in [-0.3, -0.25) is 4.79 Å². The Morgan fingerprint density at radius 2 is 2.13 bits per heavy atom. The summed E-state index contributed by atoms with van der Waals surface area (Å²) >= 11 is 0. The number of likely N-dealkylation sites (N-methyl/N-ethyl adjacent to an activating group) is 1. The Hall–Kier alpha value is -1.63. The summed E-state index contributed by atoms with van der Waals surface area (Å²) in [7, 11) is 3.28. The van der Waals surface area contributed by atoms with Crippen LogP contribution in [0.3, 0.4) is 0 Å². The molecule has 0 spiro atoms. The molecule has 1 saturated heterocycles. The van der Waals surface area contributed by atoms with Crippen LogP contribution in [-0.2, 0) is 16.0 Å². The summed E-state index contributed by atoms with van der Waals surface area (Å²) in [6.45, 7) is 2.78. The molecule has 1 heterocycles. The highest BCUT2D eigenvalue weighted by Gasteiger charge is 2.32. The van der Waals surface area contributed by atoms with E-state index in [2.05, 4.69) is 0 Å². The topological polar surface area (TPSA) is 79.2 Å². The number of aliphatic hydroxyl groups excluding tert-OH is 2. The van der Waals surface area contributed by atoms with Gasteiger partial charge in [-0.2, -0.15) is 0 Å². The highest BCUT2D eigenvalue weighted by molar-refractivity contribution is 5.79. The van der Waals surface area contributed by atoms with Crippen LogP contribution in [0.15, 0.2) is 18.2 Å². The monoisotopic (exact) mass is 323 g/mol. The predicted molar refractivity (Wildman–Crippen MR) is 85.4 cm³/mol. The second-order valence-corrected chi connectivity index (χ2v) is 6.12. The molecule has 6 heteroatoms. The molecule has 1 aliphatic rings. The van der Waals surface area contributed by atoms with E-state index in [0.717, 1.165) is 11.1 Å². The van der Waals surface area contributed by atoms with Gasteiger partial charge in [0.25, 0.3) is 0 Å². The van der Waals surface area contributed by atoms with Crippen LogP contribution in [0.1, 0.15) is 11.1 Å². The van der Waals surface area contributed by atoms with Crippen LogP contribution in [0, 0.1) is 12.8 Å². The number of methoxy groups -OCH3 is 1. The average Bonchev–Trinajstić information content (AvgIpc) is 2.52. The molecule has 1 amide bonds. The fourth-order valence-corrected chi connectivity index (χ4v) is 2.81. The molecule has 3 atom stereocenters. The zero-order valence-electron chi connectivity index (χ0n) is 13.9. The van der Waals surface area contributed by atoms with E-state index in [0.29, 0.717) is 18.9 Å². The van der Waals surface area contributed by atoms with Crippen LogP contribution in [0.4, 0.5) is 0 Å². The lowest BCUT2D eigenvalue weighted by atomic mass is 9.96. The molecule has 0 aliphatic carbocycles. The Morgan fingerprint density at radius 1 is 1.39 bits per heavy atom. The largest absolute Gasteiger partial charge is 0.496 e. The maximum Gasteiger partial charge on any atom is 0.226 e. The second kappa shape index (κ2) is 7.77. The quantitative estimate of drug-likeness (QED) is 0.819. The lowest BCUT2D eigenvalue weighted by Crippen LogP contribution is -2.49. The second-order valence-electron chi connectivity index (χ2n) is 6.12. The number of carbonyl (C=O) groups excluding carboxylic acids is 1. The number of ether oxygens (including phenoxy) is 2. The van der Waals surface area contributed by atoms with Gasteiger partial charge in [-0.15, -0.1) is 0 Å². The number of benzene rings is 1. The number of amides is 1. The molecule has 2 rings (SSSR count). The van der Waals surface area contributed by atoms with E-state index in [1.165, 1.54) is 0 Å². The molecule has 6 nitrogen and oxygen atoms in total. The van der Waals surface area contributed by atoms with Crippen LogP contribution in [0.2, 0.25) is 0 Å². The minimum absolute atomic E-state index is 0.0684. The summed E-state index contributed by atoms with van der Waals surface area (Å²) in [4.78, 5) is 14.0. The molecule has 0 aromatic heterocycles. The van der Waals surface area contributed by atoms with E-state index in [9.17, 15) is 15.0 Å². The van der Waals surface area contributed by atoms with Crippen LogP contribution < -0.4 is 4.74 Å². The number of nitrogens with zero attached hydrogens (tertiary/aromatic N) is 1. The third-order valence-electron chi connectivity index (χ3n) is 4.21. The molecule has 2 N–H and O–H groups in total. The Bertz CT molecular complexity index is 548. The molecule has 0 unspecified atom stereocenters. The van der Waals surface area contributed by atoms with E-state index in [1.807, 2.05) is 25.1 Å². The Balaban J connectivity index is 1.99. The van der Waals surface area contributed by atoms with E-state index < -0.39 is 12.2 Å². The van der Waals surface area contributed by atoms with Crippen molar-refractivity contribution in [3.05, 3.63) is 29.3 Å². The third-order valence-corrected chi connectivity index (χ3v) is 4.21. The SMILES string of the molecule is COc1ccc(C)cc1CC(=O)N(C)C[C@@H]1COC[C@@H](O)[C@H]1O. The van der Waals surface area contributed by atoms with Crippen molar-refractivity contribution in [1.29, 1.82) is 0 Å². The number of carbonyl (C=O) groups is 1. The summed E-state index contributed by atoms with van der Waals surface area (Å²) in [5.74, 6) is 0.335. The fraction of sp³-hybridized carbons (Fsp3) is 0.588. The summed E-state index contributed by atoms with van der Waals surface area (Å²) in [6, 6.07) is 5.73. The zero-order valence-corrected chi connectivity index (χ0v) is 13.9. The van der Waals surface area contributed by atoms with E-state index in [4.69, 9.17) is 9.47 Å². The van der Waals surface area contributed by atoms with Crippen LogP contribution in [0.5, 0.6) is 5.75 Å². The molecule has 1 aliphatic heterocycles. The van der Waals surface area contributed by atoms with Gasteiger partial charge in [0.1, 0.15) is 11.9 Å². The van der Waals surface area contributed by atoms with Gasteiger partial charge < -0.3 is 24.6 Å². The fourth-order valence-electron chi connectivity index (χ4n) is 2.81. The van der Waals surface area contributed by atoms with Gasteiger partial charge in [0, 0.05) is 25.1 Å². The first-order chi connectivity index (χ1) is 10.9. The summed E-state index contributed by atoms with van der Waals surface area (Å²) in [6.07, 6.45) is -1.53. The van der Waals surface area contributed by atoms with Crippen molar-refractivity contribution in [2.24, 2.45) is 5.92 Å². The average molecular weight is 323 g/mol. The molecule has 1 fully saturated rings. The molecule has 23 heavy (non-hydrogen) atoms. The lowest BCUT2D eigenvalue weighted by Gasteiger charge is -2.34. The highest BCUT2D eigenvalue weighted by Crippen LogP contribution is 2.21. The molecule has 0 radical (unpaired) electrons. The van der Waals surface area contributed by atoms with E-state index >= 15 is 0 Å². The predicted octanol–water partition coefficient (Wildman–Crippen LogP) is 0.373. The Labute approximate surface area is 136 Å². The van der Waals surface area contributed by atoms with E-state index in [-0.39, 0.29) is 24.9 Å². The van der Waals surface area contributed by atoms with Gasteiger partial charge in [0.2, 0.25) is 5.91 Å². The number of aryl methyl sites for hydroxylation is 1. The number of hydrogen-bond acceptors (Lipinski definition) is 5. The van der Waals surface area contributed by atoms with Gasteiger partial charge in [-0.05, 0) is 13.0 Å². The smallest absolute Gasteiger partial charge is 0.226 e. The minimum Gasteiger partial charge on any atom is -0.496 e. The van der Waals surface area contributed by atoms with Gasteiger partial charge in [-0.25, -0.2) is 0 Å². The molecule has 1 aromatic carbocycles. The maximum atomic E-state index is 12.4. The van der Waals surface area contributed by atoms with Crippen molar-refractivity contribution in [3.63, 3.8) is 0 Å². The first-order valence-corrected chi connectivity index (χ1v) is 7.73. The van der Waals surface area contributed by atoms with Crippen LogP contribution in [0.25, 0.3) is 0 Å². The standard InChI is InChI=1S/C17H25NO5/c1-11-4-5-15(22-3)12(6-11)7-16(20)18(2)8-13-9-23-10-14(19)17(13)21/h4-6,13-14,17,19,21H,7-10H2,1-3H3/t13-,14-,17+/m1/s1. The van der Waals surface area contributed by atoms with Crippen molar-refractivity contribution >= 4 is 5.91 Å². The molecular weight excluding hydrogens is 298 g/mol. The number of aliphatic hydroxyl groups is 2. The van der Waals surface area contributed by atoms with Gasteiger partial charge in [0.05, 0.1) is 32.8 Å².